The minimum atomic E-state index is 0.0796. The van der Waals surface area contributed by atoms with Gasteiger partial charge in [0.05, 0.1) is 5.75 Å². The van der Waals surface area contributed by atoms with Crippen molar-refractivity contribution in [1.82, 2.24) is 5.32 Å². The van der Waals surface area contributed by atoms with Crippen LogP contribution in [0.15, 0.2) is 29.2 Å². The van der Waals surface area contributed by atoms with Crippen LogP contribution in [-0.4, -0.2) is 41.4 Å². The minimum absolute atomic E-state index is 0.0796. The van der Waals surface area contributed by atoms with Gasteiger partial charge in [-0.2, -0.15) is 11.8 Å². The molecule has 19 heavy (non-hydrogen) atoms. The summed E-state index contributed by atoms with van der Waals surface area (Å²) in [7, 11) is 0. The fourth-order valence-electron chi connectivity index (χ4n) is 1.44. The molecule has 0 aromatic heterocycles. The second-order valence-electron chi connectivity index (χ2n) is 4.09. The van der Waals surface area contributed by atoms with E-state index in [1.54, 1.807) is 23.5 Å². The van der Waals surface area contributed by atoms with Gasteiger partial charge in [-0.15, -0.1) is 11.8 Å². The molecular formula is C14H21NO2S2. The van der Waals surface area contributed by atoms with Crippen LogP contribution in [0.4, 0.5) is 0 Å². The van der Waals surface area contributed by atoms with Crippen molar-refractivity contribution in [3.05, 3.63) is 29.8 Å². The Morgan fingerprint density at radius 1 is 1.32 bits per heavy atom. The van der Waals surface area contributed by atoms with E-state index in [0.717, 1.165) is 22.8 Å². The van der Waals surface area contributed by atoms with Gasteiger partial charge in [0.15, 0.2) is 0 Å². The number of benzene rings is 1. The highest BCUT2D eigenvalue weighted by Crippen LogP contribution is 2.21. The Bertz CT molecular complexity index is 385. The second kappa shape index (κ2) is 10.2. The number of aliphatic hydroxyl groups is 1. The molecule has 0 aliphatic heterocycles. The van der Waals surface area contributed by atoms with Gasteiger partial charge in [-0.1, -0.05) is 18.2 Å². The lowest BCUT2D eigenvalue weighted by molar-refractivity contribution is -0.118. The number of nitrogens with one attached hydrogen (secondary N) is 1. The van der Waals surface area contributed by atoms with E-state index in [2.05, 4.69) is 18.3 Å². The lowest BCUT2D eigenvalue weighted by Gasteiger charge is -2.06. The smallest absolute Gasteiger partial charge is 0.230 e. The zero-order valence-electron chi connectivity index (χ0n) is 11.2. The van der Waals surface area contributed by atoms with Gasteiger partial charge in [0.25, 0.3) is 0 Å². The van der Waals surface area contributed by atoms with Crippen molar-refractivity contribution in [2.75, 3.05) is 30.4 Å². The summed E-state index contributed by atoms with van der Waals surface area (Å²) in [5.41, 5.74) is 1.21. The maximum Gasteiger partial charge on any atom is 0.230 e. The molecule has 0 unspecified atom stereocenters. The molecule has 1 aromatic rings. The number of thioether (sulfide) groups is 2. The van der Waals surface area contributed by atoms with Gasteiger partial charge >= 0.3 is 0 Å². The van der Waals surface area contributed by atoms with Gasteiger partial charge in [0.1, 0.15) is 0 Å². The number of hydrogen-bond donors (Lipinski definition) is 2. The molecular weight excluding hydrogens is 278 g/mol. The van der Waals surface area contributed by atoms with E-state index in [0.29, 0.717) is 12.3 Å². The summed E-state index contributed by atoms with van der Waals surface area (Å²) in [5, 5.41) is 11.5. The normalized spacial score (nSPS) is 10.4. The summed E-state index contributed by atoms with van der Waals surface area (Å²) in [6.45, 7) is 2.99. The molecule has 1 aromatic carbocycles. The summed E-state index contributed by atoms with van der Waals surface area (Å²) >= 11 is 3.33. The number of aliphatic hydroxyl groups excluding tert-OH is 1. The van der Waals surface area contributed by atoms with Gasteiger partial charge in [-0.05, 0) is 30.7 Å². The predicted molar refractivity (Wildman–Crippen MR) is 83.9 cm³/mol. The number of aryl methyl sites for hydroxylation is 1. The average Bonchev–Trinajstić information content (AvgIpc) is 2.42. The van der Waals surface area contributed by atoms with Crippen molar-refractivity contribution in [3.8, 4) is 0 Å². The Balaban J connectivity index is 2.10. The number of hydrogen-bond acceptors (Lipinski definition) is 4. The first-order chi connectivity index (χ1) is 9.24. The molecule has 0 fully saturated rings. The zero-order chi connectivity index (χ0) is 13.9. The molecule has 1 rings (SSSR count). The SMILES string of the molecule is Cc1ccccc1SCC(=O)NCCSCCCO. The van der Waals surface area contributed by atoms with E-state index in [-0.39, 0.29) is 12.5 Å². The Morgan fingerprint density at radius 2 is 2.11 bits per heavy atom. The molecule has 0 atom stereocenters. The molecule has 0 aliphatic carbocycles. The molecule has 0 aliphatic rings. The van der Waals surface area contributed by atoms with Crippen LogP contribution in [0, 0.1) is 6.92 Å². The fourth-order valence-corrected chi connectivity index (χ4v) is 3.09. The van der Waals surface area contributed by atoms with Crippen LogP contribution in [0.3, 0.4) is 0 Å². The third kappa shape index (κ3) is 7.50. The lowest BCUT2D eigenvalue weighted by atomic mass is 10.2. The topological polar surface area (TPSA) is 49.3 Å². The molecule has 3 nitrogen and oxygen atoms in total. The van der Waals surface area contributed by atoms with Crippen LogP contribution in [0.1, 0.15) is 12.0 Å². The van der Waals surface area contributed by atoms with Crippen LogP contribution in [0.5, 0.6) is 0 Å². The van der Waals surface area contributed by atoms with Crippen LogP contribution in [0.25, 0.3) is 0 Å². The van der Waals surface area contributed by atoms with E-state index >= 15 is 0 Å². The number of carbonyl (C=O) groups is 1. The number of rotatable bonds is 9. The van der Waals surface area contributed by atoms with Gasteiger partial charge in [0, 0.05) is 23.8 Å². The van der Waals surface area contributed by atoms with Gasteiger partial charge in [-0.25, -0.2) is 0 Å². The zero-order valence-corrected chi connectivity index (χ0v) is 12.9. The molecule has 5 heteroatoms. The highest BCUT2D eigenvalue weighted by molar-refractivity contribution is 8.00. The Kier molecular flexibility index (Phi) is 8.79. The molecule has 0 saturated heterocycles. The molecule has 1 amide bonds. The highest BCUT2D eigenvalue weighted by atomic mass is 32.2. The number of carbonyl (C=O) groups excluding carboxylic acids is 1. The van der Waals surface area contributed by atoms with Crippen LogP contribution in [-0.2, 0) is 4.79 Å². The van der Waals surface area contributed by atoms with Crippen LogP contribution in [0.2, 0.25) is 0 Å². The highest BCUT2D eigenvalue weighted by Gasteiger charge is 2.03. The van der Waals surface area contributed by atoms with Crippen LogP contribution >= 0.6 is 23.5 Å². The summed E-state index contributed by atoms with van der Waals surface area (Å²) in [6, 6.07) is 8.09. The first-order valence-corrected chi connectivity index (χ1v) is 8.52. The largest absolute Gasteiger partial charge is 0.396 e. The fraction of sp³-hybridized carbons (Fsp3) is 0.500. The van der Waals surface area contributed by atoms with E-state index in [1.165, 1.54) is 5.56 Å². The first kappa shape index (κ1) is 16.4. The summed E-state index contributed by atoms with van der Waals surface area (Å²) < 4.78 is 0. The van der Waals surface area contributed by atoms with Gasteiger partial charge in [-0.3, -0.25) is 4.79 Å². The third-order valence-corrected chi connectivity index (χ3v) is 4.71. The van der Waals surface area contributed by atoms with Crippen molar-refractivity contribution < 1.29 is 9.90 Å². The summed E-state index contributed by atoms with van der Waals surface area (Å²) in [6.07, 6.45) is 0.821. The lowest BCUT2D eigenvalue weighted by Crippen LogP contribution is -2.27. The Hall–Kier alpha value is -0.650. The molecule has 0 spiro atoms. The van der Waals surface area contributed by atoms with Gasteiger partial charge < -0.3 is 10.4 Å². The molecule has 0 heterocycles. The average molecular weight is 299 g/mol. The standard InChI is InChI=1S/C14H21NO2S2/c1-12-5-2-3-6-13(12)19-11-14(17)15-7-10-18-9-4-8-16/h2-3,5-6,16H,4,7-11H2,1H3,(H,15,17). The van der Waals surface area contributed by atoms with E-state index < -0.39 is 0 Å². The molecule has 0 radical (unpaired) electrons. The van der Waals surface area contributed by atoms with E-state index in [4.69, 9.17) is 5.11 Å². The maximum absolute atomic E-state index is 11.6. The van der Waals surface area contributed by atoms with Crippen molar-refractivity contribution in [1.29, 1.82) is 0 Å². The molecule has 2 N–H and O–H groups in total. The van der Waals surface area contributed by atoms with Crippen molar-refractivity contribution >= 4 is 29.4 Å². The quantitative estimate of drug-likeness (QED) is 0.543. The first-order valence-electron chi connectivity index (χ1n) is 6.37. The molecule has 0 saturated carbocycles. The second-order valence-corrected chi connectivity index (χ2v) is 6.34. The van der Waals surface area contributed by atoms with Crippen molar-refractivity contribution in [2.45, 2.75) is 18.2 Å². The molecule has 0 bridgehead atoms. The Morgan fingerprint density at radius 3 is 2.84 bits per heavy atom. The van der Waals surface area contributed by atoms with Crippen LogP contribution < -0.4 is 5.32 Å². The third-order valence-electron chi connectivity index (χ3n) is 2.47. The van der Waals surface area contributed by atoms with Crippen molar-refractivity contribution in [2.24, 2.45) is 0 Å². The minimum Gasteiger partial charge on any atom is -0.396 e. The summed E-state index contributed by atoms with van der Waals surface area (Å²) in [5.74, 6) is 2.40. The monoisotopic (exact) mass is 299 g/mol. The van der Waals surface area contributed by atoms with E-state index in [1.807, 2.05) is 18.2 Å². The summed E-state index contributed by atoms with van der Waals surface area (Å²) in [4.78, 5) is 12.8. The predicted octanol–water partition coefficient (Wildman–Crippen LogP) is 2.32. The number of amides is 1. The maximum atomic E-state index is 11.6. The van der Waals surface area contributed by atoms with Gasteiger partial charge in [0.2, 0.25) is 5.91 Å². The molecule has 106 valence electrons. The van der Waals surface area contributed by atoms with E-state index in [9.17, 15) is 4.79 Å². The van der Waals surface area contributed by atoms with Crippen molar-refractivity contribution in [3.63, 3.8) is 0 Å². The Labute approximate surface area is 123 Å².